The monoisotopic (exact) mass is 411 g/mol. The van der Waals surface area contributed by atoms with Crippen molar-refractivity contribution in [1.29, 1.82) is 0 Å². The predicted octanol–water partition coefficient (Wildman–Crippen LogP) is 3.25. The fourth-order valence-corrected chi connectivity index (χ4v) is 5.98. The van der Waals surface area contributed by atoms with Gasteiger partial charge in [0.05, 0.1) is 0 Å². The highest BCUT2D eigenvalue weighted by molar-refractivity contribution is 9.10. The van der Waals surface area contributed by atoms with E-state index in [0.717, 1.165) is 29.7 Å². The second-order valence-corrected chi connectivity index (χ2v) is 8.63. The van der Waals surface area contributed by atoms with Crippen LogP contribution in [0.4, 0.5) is 0 Å². The molecule has 0 amide bonds. The quantitative estimate of drug-likeness (QED) is 0.787. The van der Waals surface area contributed by atoms with Crippen LogP contribution in [0, 0.1) is 5.92 Å². The molecule has 0 radical (unpaired) electrons. The van der Waals surface area contributed by atoms with Crippen molar-refractivity contribution in [2.45, 2.75) is 30.3 Å². The van der Waals surface area contributed by atoms with Gasteiger partial charge in [-0.3, -0.25) is 14.7 Å². The summed E-state index contributed by atoms with van der Waals surface area (Å²) in [6.45, 7) is 2.86. The number of carbonyl (C=O) groups is 1. The molecule has 6 rings (SSSR count). The minimum Gasteiger partial charge on any atom is -0.311 e. The normalized spacial score (nSPS) is 35.3. The van der Waals surface area contributed by atoms with Crippen molar-refractivity contribution < 1.29 is 4.79 Å². The molecule has 4 aliphatic rings. The molecule has 3 atom stereocenters. The molecule has 26 heavy (non-hydrogen) atoms. The van der Waals surface area contributed by atoms with Crippen LogP contribution >= 0.6 is 15.9 Å². The van der Waals surface area contributed by atoms with Gasteiger partial charge in [-0.15, -0.1) is 0 Å². The van der Waals surface area contributed by atoms with Crippen LogP contribution in [0.5, 0.6) is 0 Å². The summed E-state index contributed by atoms with van der Waals surface area (Å²) in [7, 11) is 0. The van der Waals surface area contributed by atoms with E-state index in [1.54, 1.807) is 6.20 Å². The highest BCUT2D eigenvalue weighted by atomic mass is 79.9. The lowest BCUT2D eigenvalue weighted by atomic mass is 9.63. The molecule has 1 aromatic heterocycles. The fraction of sp³-hybridized carbons (Fsp3) is 0.429. The highest BCUT2D eigenvalue weighted by Gasteiger charge is 2.64. The van der Waals surface area contributed by atoms with Crippen molar-refractivity contribution in [2.75, 3.05) is 19.6 Å². The van der Waals surface area contributed by atoms with E-state index in [1.807, 2.05) is 36.5 Å². The van der Waals surface area contributed by atoms with Gasteiger partial charge in [-0.2, -0.15) is 0 Å². The van der Waals surface area contributed by atoms with Crippen LogP contribution < -0.4 is 5.32 Å². The number of hydrogen-bond acceptors (Lipinski definition) is 4. The smallest absolute Gasteiger partial charge is 0.185 e. The standard InChI is InChI=1S/C21H22BrN3O/c22-17-5-1-3-15(11-17)20(26)21-18(16-4-2-8-23-12-16)13-24-19(21)14-6-9-25(21)10-7-14/h1-5,8,11-12,14,18-19,24H,6-7,9-10,13H2. The van der Waals surface area contributed by atoms with Crippen molar-refractivity contribution in [3.05, 3.63) is 64.4 Å². The van der Waals surface area contributed by atoms with Crippen molar-refractivity contribution in [1.82, 2.24) is 15.2 Å². The maximum atomic E-state index is 14.0. The molecule has 134 valence electrons. The molecular formula is C21H22BrN3O. The van der Waals surface area contributed by atoms with E-state index in [9.17, 15) is 4.79 Å². The third kappa shape index (κ3) is 2.27. The number of ketones is 1. The van der Waals surface area contributed by atoms with Crippen LogP contribution in [0.1, 0.15) is 34.7 Å². The molecule has 1 N–H and O–H groups in total. The van der Waals surface area contributed by atoms with E-state index >= 15 is 0 Å². The van der Waals surface area contributed by atoms with Gasteiger partial charge >= 0.3 is 0 Å². The van der Waals surface area contributed by atoms with Crippen molar-refractivity contribution in [2.24, 2.45) is 5.92 Å². The topological polar surface area (TPSA) is 45.2 Å². The van der Waals surface area contributed by atoms with Crippen LogP contribution in [0.3, 0.4) is 0 Å². The Kier molecular flexibility index (Phi) is 3.99. The summed E-state index contributed by atoms with van der Waals surface area (Å²) in [6, 6.07) is 12.2. The maximum Gasteiger partial charge on any atom is 0.185 e. The Morgan fingerprint density at radius 3 is 2.81 bits per heavy atom. The Balaban J connectivity index is 1.67. The van der Waals surface area contributed by atoms with Gasteiger partial charge in [-0.05, 0) is 55.6 Å². The summed E-state index contributed by atoms with van der Waals surface area (Å²) < 4.78 is 0.955. The Labute approximate surface area is 162 Å². The number of hydrogen-bond donors (Lipinski definition) is 1. The first kappa shape index (κ1) is 16.6. The number of carbonyl (C=O) groups excluding carboxylic acids is 1. The minimum atomic E-state index is -0.495. The fourth-order valence-electron chi connectivity index (χ4n) is 5.58. The SMILES string of the molecule is O=C(c1cccc(Br)c1)C12C(c3cccnc3)CNC1C1CCN2CC1. The van der Waals surface area contributed by atoms with E-state index in [2.05, 4.69) is 37.2 Å². The molecule has 3 unspecified atom stereocenters. The summed E-state index contributed by atoms with van der Waals surface area (Å²) in [5.74, 6) is 0.973. The predicted molar refractivity (Wildman–Crippen MR) is 104 cm³/mol. The Bertz CT molecular complexity index is 834. The van der Waals surface area contributed by atoms with Gasteiger partial charge in [0.15, 0.2) is 5.78 Å². The number of fused-ring (bicyclic) bond motifs is 2. The van der Waals surface area contributed by atoms with E-state index in [0.29, 0.717) is 5.92 Å². The maximum absolute atomic E-state index is 14.0. The minimum absolute atomic E-state index is 0.135. The molecule has 2 bridgehead atoms. The zero-order chi connectivity index (χ0) is 17.7. The average Bonchev–Trinajstić information content (AvgIpc) is 3.12. The second-order valence-electron chi connectivity index (χ2n) is 7.71. The van der Waals surface area contributed by atoms with Crippen LogP contribution in [0.25, 0.3) is 0 Å². The molecule has 0 aliphatic carbocycles. The summed E-state index contributed by atoms with van der Waals surface area (Å²) in [5, 5.41) is 3.74. The second kappa shape index (κ2) is 6.25. The number of Topliss-reactive ketones (excluding diaryl/α,β-unsaturated/α-hetero) is 1. The third-order valence-corrected chi connectivity index (χ3v) is 7.11. The number of piperidine rings is 3. The van der Waals surface area contributed by atoms with Crippen LogP contribution in [0.15, 0.2) is 53.3 Å². The molecular weight excluding hydrogens is 390 g/mol. The van der Waals surface area contributed by atoms with Gasteiger partial charge in [0, 0.05) is 40.9 Å². The molecule has 0 saturated carbocycles. The molecule has 0 spiro atoms. The lowest BCUT2D eigenvalue weighted by Gasteiger charge is -2.57. The molecule has 5 heteroatoms. The van der Waals surface area contributed by atoms with Gasteiger partial charge in [-0.1, -0.05) is 34.1 Å². The van der Waals surface area contributed by atoms with E-state index < -0.39 is 5.54 Å². The number of halogens is 1. The lowest BCUT2D eigenvalue weighted by Crippen LogP contribution is -2.72. The van der Waals surface area contributed by atoms with Gasteiger partial charge < -0.3 is 5.32 Å². The Morgan fingerprint density at radius 2 is 2.08 bits per heavy atom. The number of rotatable bonds is 3. The zero-order valence-corrected chi connectivity index (χ0v) is 16.2. The van der Waals surface area contributed by atoms with Crippen molar-refractivity contribution in [3.63, 3.8) is 0 Å². The van der Waals surface area contributed by atoms with Crippen molar-refractivity contribution >= 4 is 21.7 Å². The van der Waals surface area contributed by atoms with Crippen LogP contribution in [-0.2, 0) is 0 Å². The molecule has 5 heterocycles. The number of aromatic nitrogens is 1. The number of benzene rings is 1. The first-order valence-corrected chi connectivity index (χ1v) is 10.2. The van der Waals surface area contributed by atoms with Crippen LogP contribution in [0.2, 0.25) is 0 Å². The summed E-state index contributed by atoms with van der Waals surface area (Å²) in [5.41, 5.74) is 1.47. The van der Waals surface area contributed by atoms with Gasteiger partial charge in [0.1, 0.15) is 5.54 Å². The van der Waals surface area contributed by atoms with E-state index in [-0.39, 0.29) is 17.7 Å². The largest absolute Gasteiger partial charge is 0.311 e. The summed E-state index contributed by atoms with van der Waals surface area (Å²) in [4.78, 5) is 20.8. The average molecular weight is 412 g/mol. The lowest BCUT2D eigenvalue weighted by molar-refractivity contribution is -0.0313. The molecule has 4 aliphatic heterocycles. The number of pyridine rings is 1. The first-order chi connectivity index (χ1) is 12.7. The Hall–Kier alpha value is -1.56. The number of nitrogens with one attached hydrogen (secondary N) is 1. The molecule has 4 fully saturated rings. The summed E-state index contributed by atoms with van der Waals surface area (Å²) >= 11 is 3.53. The molecule has 2 aromatic rings. The van der Waals surface area contributed by atoms with E-state index in [4.69, 9.17) is 0 Å². The van der Waals surface area contributed by atoms with Crippen molar-refractivity contribution in [3.8, 4) is 0 Å². The Morgan fingerprint density at radius 1 is 1.23 bits per heavy atom. The third-order valence-electron chi connectivity index (χ3n) is 6.62. The zero-order valence-electron chi connectivity index (χ0n) is 14.6. The first-order valence-electron chi connectivity index (χ1n) is 9.40. The van der Waals surface area contributed by atoms with Crippen LogP contribution in [-0.4, -0.2) is 46.9 Å². The molecule has 4 nitrogen and oxygen atoms in total. The molecule has 4 saturated heterocycles. The molecule has 1 aromatic carbocycles. The number of nitrogens with zero attached hydrogens (tertiary/aromatic N) is 2. The highest BCUT2D eigenvalue weighted by Crippen LogP contribution is 2.51. The van der Waals surface area contributed by atoms with E-state index in [1.165, 1.54) is 18.4 Å². The van der Waals surface area contributed by atoms with Gasteiger partial charge in [0.2, 0.25) is 0 Å². The van der Waals surface area contributed by atoms with Gasteiger partial charge in [0.25, 0.3) is 0 Å². The van der Waals surface area contributed by atoms with Gasteiger partial charge in [-0.25, -0.2) is 0 Å². The summed E-state index contributed by atoms with van der Waals surface area (Å²) in [6.07, 6.45) is 6.11.